The van der Waals surface area contributed by atoms with E-state index in [1.54, 1.807) is 25.3 Å². The molecule has 0 aliphatic rings. The summed E-state index contributed by atoms with van der Waals surface area (Å²) < 4.78 is 10.9. The number of aromatic hydroxyl groups is 1. The van der Waals surface area contributed by atoms with Crippen LogP contribution in [0.3, 0.4) is 0 Å². The molecule has 0 unspecified atom stereocenters. The summed E-state index contributed by atoms with van der Waals surface area (Å²) >= 11 is 3.50. The molecule has 0 spiro atoms. The van der Waals surface area contributed by atoms with Gasteiger partial charge < -0.3 is 24.8 Å². The number of phenolic OH excluding ortho intramolecular Hbond substituents is 1. The SMILES string of the molecule is COCC(=C=CC[C@@H](O)c1cc(I)c(O)c(OC)c1)C[C@@H](O)c1cccs1. The van der Waals surface area contributed by atoms with E-state index in [1.165, 1.54) is 18.4 Å². The van der Waals surface area contributed by atoms with E-state index in [-0.39, 0.29) is 5.75 Å². The second kappa shape index (κ2) is 10.8. The van der Waals surface area contributed by atoms with Crippen LogP contribution >= 0.6 is 33.9 Å². The average Bonchev–Trinajstić information content (AvgIpc) is 3.18. The number of thiophene rings is 1. The topological polar surface area (TPSA) is 79.2 Å². The van der Waals surface area contributed by atoms with Crippen LogP contribution in [0, 0.1) is 3.57 Å². The largest absolute Gasteiger partial charge is 0.504 e. The maximum absolute atomic E-state index is 10.4. The monoisotopic (exact) mass is 502 g/mol. The summed E-state index contributed by atoms with van der Waals surface area (Å²) in [6.07, 6.45) is 1.15. The van der Waals surface area contributed by atoms with Crippen molar-refractivity contribution in [2.24, 2.45) is 0 Å². The molecule has 2 atom stereocenters. The molecule has 0 aliphatic heterocycles. The summed E-state index contributed by atoms with van der Waals surface area (Å²) in [6.45, 7) is 0.361. The van der Waals surface area contributed by atoms with Gasteiger partial charge in [-0.3, -0.25) is 0 Å². The van der Waals surface area contributed by atoms with E-state index in [0.29, 0.717) is 34.3 Å². The van der Waals surface area contributed by atoms with E-state index in [1.807, 2.05) is 40.1 Å². The van der Waals surface area contributed by atoms with Gasteiger partial charge in [0.2, 0.25) is 0 Å². The van der Waals surface area contributed by atoms with Gasteiger partial charge in [-0.25, -0.2) is 0 Å². The van der Waals surface area contributed by atoms with E-state index in [9.17, 15) is 15.3 Å². The lowest BCUT2D eigenvalue weighted by Gasteiger charge is -2.13. The fourth-order valence-electron chi connectivity index (χ4n) is 2.54. The highest BCUT2D eigenvalue weighted by atomic mass is 127. The van der Waals surface area contributed by atoms with Gasteiger partial charge in [0, 0.05) is 24.8 Å². The van der Waals surface area contributed by atoms with Gasteiger partial charge in [-0.05, 0) is 63.4 Å². The van der Waals surface area contributed by atoms with Gasteiger partial charge in [0.25, 0.3) is 0 Å². The number of methoxy groups -OCH3 is 2. The molecular formula is C20H23IO5S. The lowest BCUT2D eigenvalue weighted by atomic mass is 10.0. The molecule has 0 fully saturated rings. The van der Waals surface area contributed by atoms with Crippen LogP contribution < -0.4 is 4.74 Å². The average molecular weight is 502 g/mol. The zero-order valence-electron chi connectivity index (χ0n) is 15.2. The van der Waals surface area contributed by atoms with Crippen LogP contribution in [0.15, 0.2) is 47.0 Å². The molecule has 2 aromatic rings. The Labute approximate surface area is 176 Å². The third-order valence-electron chi connectivity index (χ3n) is 3.93. The maximum atomic E-state index is 10.4. The molecule has 146 valence electrons. The molecule has 0 saturated carbocycles. The van der Waals surface area contributed by atoms with Crippen molar-refractivity contribution < 1.29 is 24.8 Å². The van der Waals surface area contributed by atoms with Crippen molar-refractivity contribution in [2.75, 3.05) is 20.8 Å². The third kappa shape index (κ3) is 6.34. The number of aliphatic hydroxyl groups is 2. The molecule has 1 aromatic heterocycles. The molecule has 0 saturated heterocycles. The minimum absolute atomic E-state index is 0.0643. The summed E-state index contributed by atoms with van der Waals surface area (Å²) in [7, 11) is 3.07. The minimum Gasteiger partial charge on any atom is -0.504 e. The number of hydrogen-bond acceptors (Lipinski definition) is 6. The first kappa shape index (κ1) is 21.9. The quantitative estimate of drug-likeness (QED) is 0.351. The number of rotatable bonds is 9. The van der Waals surface area contributed by atoms with Crippen molar-refractivity contribution in [3.05, 3.63) is 61.0 Å². The highest BCUT2D eigenvalue weighted by Crippen LogP contribution is 2.35. The molecule has 5 nitrogen and oxygen atoms in total. The zero-order chi connectivity index (χ0) is 19.8. The second-order valence-electron chi connectivity index (χ2n) is 5.93. The van der Waals surface area contributed by atoms with Crippen molar-refractivity contribution in [1.82, 2.24) is 0 Å². The highest BCUT2D eigenvalue weighted by Gasteiger charge is 2.14. The van der Waals surface area contributed by atoms with Gasteiger partial charge in [-0.2, -0.15) is 0 Å². The smallest absolute Gasteiger partial charge is 0.171 e. The summed E-state index contributed by atoms with van der Waals surface area (Å²) in [6, 6.07) is 7.14. The van der Waals surface area contributed by atoms with Crippen LogP contribution in [0.1, 0.15) is 35.5 Å². The predicted octanol–water partition coefficient (Wildman–Crippen LogP) is 4.34. The van der Waals surface area contributed by atoms with Crippen molar-refractivity contribution in [3.63, 3.8) is 0 Å². The fourth-order valence-corrected chi connectivity index (χ4v) is 3.88. The van der Waals surface area contributed by atoms with Crippen LogP contribution in [-0.2, 0) is 4.74 Å². The van der Waals surface area contributed by atoms with Crippen LogP contribution in [-0.4, -0.2) is 36.1 Å². The lowest BCUT2D eigenvalue weighted by Crippen LogP contribution is -2.01. The predicted molar refractivity (Wildman–Crippen MR) is 114 cm³/mol. The molecular weight excluding hydrogens is 479 g/mol. The summed E-state index contributed by atoms with van der Waals surface area (Å²) in [5.41, 5.74) is 4.61. The number of halogens is 1. The Kier molecular flexibility index (Phi) is 8.82. The molecule has 1 heterocycles. The van der Waals surface area contributed by atoms with Crippen molar-refractivity contribution in [2.45, 2.75) is 25.0 Å². The number of phenols is 1. The van der Waals surface area contributed by atoms with Gasteiger partial charge >= 0.3 is 0 Å². The first-order chi connectivity index (χ1) is 13.0. The summed E-state index contributed by atoms with van der Waals surface area (Å²) in [4.78, 5) is 0.899. The molecule has 0 radical (unpaired) electrons. The van der Waals surface area contributed by atoms with E-state index < -0.39 is 12.2 Å². The lowest BCUT2D eigenvalue weighted by molar-refractivity contribution is 0.167. The Morgan fingerprint density at radius 3 is 2.70 bits per heavy atom. The van der Waals surface area contributed by atoms with Gasteiger partial charge in [-0.15, -0.1) is 17.1 Å². The van der Waals surface area contributed by atoms with Crippen LogP contribution in [0.2, 0.25) is 0 Å². The third-order valence-corrected chi connectivity index (χ3v) is 5.73. The van der Waals surface area contributed by atoms with E-state index in [2.05, 4.69) is 5.73 Å². The van der Waals surface area contributed by atoms with E-state index >= 15 is 0 Å². The Balaban J connectivity index is 2.10. The number of aliphatic hydroxyl groups excluding tert-OH is 2. The Hall–Kier alpha value is -1.35. The van der Waals surface area contributed by atoms with Gasteiger partial charge in [-0.1, -0.05) is 6.07 Å². The number of ether oxygens (including phenoxy) is 2. The summed E-state index contributed by atoms with van der Waals surface area (Å²) in [5.74, 6) is 0.393. The molecule has 0 amide bonds. The molecule has 2 rings (SSSR count). The van der Waals surface area contributed by atoms with Crippen molar-refractivity contribution in [3.8, 4) is 11.5 Å². The fraction of sp³-hybridized carbons (Fsp3) is 0.350. The highest BCUT2D eigenvalue weighted by molar-refractivity contribution is 14.1. The van der Waals surface area contributed by atoms with Gasteiger partial charge in [0.1, 0.15) is 0 Å². The Morgan fingerprint density at radius 2 is 2.07 bits per heavy atom. The van der Waals surface area contributed by atoms with Crippen LogP contribution in [0.4, 0.5) is 0 Å². The normalized spacial score (nSPS) is 12.9. The number of benzene rings is 1. The Morgan fingerprint density at radius 1 is 1.30 bits per heavy atom. The van der Waals surface area contributed by atoms with Gasteiger partial charge in [0.05, 0.1) is 29.5 Å². The molecule has 0 bridgehead atoms. The van der Waals surface area contributed by atoms with Gasteiger partial charge in [0.15, 0.2) is 11.5 Å². The summed E-state index contributed by atoms with van der Waals surface area (Å²) in [5, 5.41) is 32.6. The van der Waals surface area contributed by atoms with Crippen molar-refractivity contribution in [1.29, 1.82) is 0 Å². The van der Waals surface area contributed by atoms with Crippen LogP contribution in [0.25, 0.3) is 0 Å². The second-order valence-corrected chi connectivity index (χ2v) is 8.07. The molecule has 1 aromatic carbocycles. The van der Waals surface area contributed by atoms with E-state index in [4.69, 9.17) is 9.47 Å². The number of hydrogen-bond donors (Lipinski definition) is 3. The Bertz CT molecular complexity index is 797. The first-order valence-corrected chi connectivity index (χ1v) is 10.3. The van der Waals surface area contributed by atoms with Crippen LogP contribution in [0.5, 0.6) is 11.5 Å². The molecule has 7 heteroatoms. The minimum atomic E-state index is -0.758. The molecule has 3 N–H and O–H groups in total. The first-order valence-electron chi connectivity index (χ1n) is 8.34. The standard InChI is InChI=1S/C20H23IO5S/c1-25-12-13(9-17(23)19-7-4-8-27-19)5-3-6-16(22)14-10-15(21)20(24)18(11-14)26-2/h3-4,7-8,10-11,16-17,22-24H,6,9,12H2,1-2H3/t5?,16-,17-/m1/s1. The van der Waals surface area contributed by atoms with Crippen molar-refractivity contribution >= 4 is 33.9 Å². The maximum Gasteiger partial charge on any atom is 0.171 e. The molecule has 27 heavy (non-hydrogen) atoms. The molecule has 0 aliphatic carbocycles. The van der Waals surface area contributed by atoms with E-state index in [0.717, 1.165) is 10.5 Å². The zero-order valence-corrected chi connectivity index (χ0v) is 18.2.